The Labute approximate surface area is 98.3 Å². The molecule has 0 radical (unpaired) electrons. The Bertz CT molecular complexity index is 272. The molecule has 0 atom stereocenters. The fraction of sp³-hybridized carbons (Fsp3) is 0.750. The molecule has 1 saturated heterocycles. The van der Waals surface area contributed by atoms with Crippen LogP contribution in [0.3, 0.4) is 0 Å². The number of hydrogen-bond donors (Lipinski definition) is 1. The first kappa shape index (κ1) is 12.9. The molecule has 92 valence electrons. The van der Waals surface area contributed by atoms with E-state index in [2.05, 4.69) is 16.8 Å². The van der Waals surface area contributed by atoms with E-state index in [0.29, 0.717) is 0 Å². The van der Waals surface area contributed by atoms with Crippen molar-refractivity contribution in [1.29, 1.82) is 0 Å². The van der Waals surface area contributed by atoms with Gasteiger partial charge in [0.25, 0.3) is 0 Å². The predicted octanol–water partition coefficient (Wildman–Crippen LogP) is 1.65. The Morgan fingerprint density at radius 2 is 1.56 bits per heavy atom. The molecule has 0 aliphatic carbocycles. The van der Waals surface area contributed by atoms with Gasteiger partial charge in [0.15, 0.2) is 0 Å². The van der Waals surface area contributed by atoms with E-state index in [9.17, 15) is 4.79 Å². The van der Waals surface area contributed by atoms with Gasteiger partial charge >= 0.3 is 6.03 Å². The first-order chi connectivity index (χ1) is 7.29. The summed E-state index contributed by atoms with van der Waals surface area (Å²) in [6.45, 7) is 15.2. The first-order valence-electron chi connectivity index (χ1n) is 5.77. The monoisotopic (exact) mass is 225 g/mol. The molecule has 4 heteroatoms. The van der Waals surface area contributed by atoms with Crippen LogP contribution >= 0.6 is 0 Å². The number of nitrogens with one attached hydrogen (secondary N) is 1. The van der Waals surface area contributed by atoms with Gasteiger partial charge in [0.05, 0.1) is 0 Å². The number of carbonyl (C=O) groups is 1. The third kappa shape index (κ3) is 3.76. The summed E-state index contributed by atoms with van der Waals surface area (Å²) in [6.07, 6.45) is 0. The fourth-order valence-electron chi connectivity index (χ4n) is 1.69. The largest absolute Gasteiger partial charge is 0.372 e. The standard InChI is InChI=1S/C12H23N3O/c1-10(2)14-6-8-15(9-7-14)11(16)13-12(3,4)5/h1,6-9H2,2-5H3,(H,13,16). The number of hydrogen-bond acceptors (Lipinski definition) is 2. The second kappa shape index (κ2) is 4.76. The summed E-state index contributed by atoms with van der Waals surface area (Å²) >= 11 is 0. The summed E-state index contributed by atoms with van der Waals surface area (Å²) in [5.41, 5.74) is 0.915. The zero-order valence-corrected chi connectivity index (χ0v) is 10.8. The van der Waals surface area contributed by atoms with Crippen molar-refractivity contribution < 1.29 is 4.79 Å². The first-order valence-corrected chi connectivity index (χ1v) is 5.77. The lowest BCUT2D eigenvalue weighted by Gasteiger charge is -2.37. The molecule has 1 heterocycles. The minimum atomic E-state index is -0.164. The van der Waals surface area contributed by atoms with Crippen LogP contribution in [0.1, 0.15) is 27.7 Å². The summed E-state index contributed by atoms with van der Waals surface area (Å²) in [7, 11) is 0. The number of piperazine rings is 1. The van der Waals surface area contributed by atoms with E-state index in [1.807, 2.05) is 32.6 Å². The van der Waals surface area contributed by atoms with E-state index >= 15 is 0 Å². The maximum Gasteiger partial charge on any atom is 0.317 e. The third-order valence-electron chi connectivity index (χ3n) is 2.59. The van der Waals surface area contributed by atoms with Crippen LogP contribution in [0.5, 0.6) is 0 Å². The quantitative estimate of drug-likeness (QED) is 0.736. The maximum absolute atomic E-state index is 11.9. The summed E-state index contributed by atoms with van der Waals surface area (Å²) in [4.78, 5) is 15.9. The topological polar surface area (TPSA) is 35.6 Å². The second-order valence-electron chi connectivity index (χ2n) is 5.39. The van der Waals surface area contributed by atoms with Gasteiger partial charge in [0.2, 0.25) is 0 Å². The Hall–Kier alpha value is -1.19. The zero-order chi connectivity index (χ0) is 12.3. The van der Waals surface area contributed by atoms with Gasteiger partial charge in [-0.05, 0) is 27.7 Å². The smallest absolute Gasteiger partial charge is 0.317 e. The van der Waals surface area contributed by atoms with Crippen molar-refractivity contribution in [3.05, 3.63) is 12.3 Å². The highest BCUT2D eigenvalue weighted by molar-refractivity contribution is 5.75. The van der Waals surface area contributed by atoms with Crippen molar-refractivity contribution in [2.45, 2.75) is 33.2 Å². The molecule has 0 unspecified atom stereocenters. The summed E-state index contributed by atoms with van der Waals surface area (Å²) in [6, 6.07) is 0.0360. The van der Waals surface area contributed by atoms with E-state index in [0.717, 1.165) is 31.9 Å². The molecule has 1 N–H and O–H groups in total. The summed E-state index contributed by atoms with van der Waals surface area (Å²) in [5.74, 6) is 0. The van der Waals surface area contributed by atoms with Gasteiger partial charge in [0.1, 0.15) is 0 Å². The maximum atomic E-state index is 11.9. The van der Waals surface area contributed by atoms with Crippen LogP contribution in [-0.2, 0) is 0 Å². The van der Waals surface area contributed by atoms with Crippen molar-refractivity contribution in [2.24, 2.45) is 0 Å². The average molecular weight is 225 g/mol. The number of carbonyl (C=O) groups excluding carboxylic acids is 1. The molecule has 0 bridgehead atoms. The van der Waals surface area contributed by atoms with E-state index in [1.54, 1.807) is 0 Å². The van der Waals surface area contributed by atoms with E-state index in [4.69, 9.17) is 0 Å². The van der Waals surface area contributed by atoms with Crippen molar-refractivity contribution in [2.75, 3.05) is 26.2 Å². The molecular weight excluding hydrogens is 202 g/mol. The fourth-order valence-corrected chi connectivity index (χ4v) is 1.69. The number of nitrogens with zero attached hydrogens (tertiary/aromatic N) is 2. The van der Waals surface area contributed by atoms with E-state index in [-0.39, 0.29) is 11.6 Å². The van der Waals surface area contributed by atoms with Crippen molar-refractivity contribution in [3.63, 3.8) is 0 Å². The number of rotatable bonds is 1. The summed E-state index contributed by atoms with van der Waals surface area (Å²) in [5, 5.41) is 2.98. The van der Waals surface area contributed by atoms with Gasteiger partial charge in [-0.25, -0.2) is 4.79 Å². The Kier molecular flexibility index (Phi) is 3.83. The SMILES string of the molecule is C=C(C)N1CCN(C(=O)NC(C)(C)C)CC1. The van der Waals surface area contributed by atoms with Gasteiger partial charge in [-0.15, -0.1) is 0 Å². The summed E-state index contributed by atoms with van der Waals surface area (Å²) < 4.78 is 0. The highest BCUT2D eigenvalue weighted by Gasteiger charge is 2.23. The van der Waals surface area contributed by atoms with E-state index < -0.39 is 0 Å². The lowest BCUT2D eigenvalue weighted by atomic mass is 10.1. The molecule has 0 spiro atoms. The Balaban J connectivity index is 2.42. The normalized spacial score (nSPS) is 17.2. The van der Waals surface area contributed by atoms with Gasteiger partial charge in [-0.2, -0.15) is 0 Å². The number of urea groups is 1. The minimum Gasteiger partial charge on any atom is -0.372 e. The van der Waals surface area contributed by atoms with Gasteiger partial charge in [-0.3, -0.25) is 0 Å². The number of amides is 2. The van der Waals surface area contributed by atoms with Crippen molar-refractivity contribution >= 4 is 6.03 Å². The van der Waals surface area contributed by atoms with Crippen LogP contribution in [0.2, 0.25) is 0 Å². The molecular formula is C12H23N3O. The lowest BCUT2D eigenvalue weighted by Crippen LogP contribution is -2.54. The molecule has 0 aromatic rings. The predicted molar refractivity (Wildman–Crippen MR) is 66.2 cm³/mol. The van der Waals surface area contributed by atoms with Gasteiger partial charge < -0.3 is 15.1 Å². The second-order valence-corrected chi connectivity index (χ2v) is 5.39. The van der Waals surface area contributed by atoms with Crippen LogP contribution in [0.4, 0.5) is 4.79 Å². The minimum absolute atomic E-state index is 0.0360. The van der Waals surface area contributed by atoms with E-state index in [1.165, 1.54) is 0 Å². The molecule has 0 saturated carbocycles. The molecule has 16 heavy (non-hydrogen) atoms. The number of allylic oxidation sites excluding steroid dienone is 1. The van der Waals surface area contributed by atoms with Crippen LogP contribution in [0.15, 0.2) is 12.3 Å². The molecule has 1 aliphatic heterocycles. The highest BCUT2D eigenvalue weighted by Crippen LogP contribution is 2.08. The molecule has 1 aliphatic rings. The lowest BCUT2D eigenvalue weighted by molar-refractivity contribution is 0.151. The molecule has 1 fully saturated rings. The van der Waals surface area contributed by atoms with Crippen molar-refractivity contribution in [1.82, 2.24) is 15.1 Å². The average Bonchev–Trinajstić information content (AvgIpc) is 2.15. The van der Waals surface area contributed by atoms with Crippen molar-refractivity contribution in [3.8, 4) is 0 Å². The molecule has 4 nitrogen and oxygen atoms in total. The molecule has 1 rings (SSSR count). The Morgan fingerprint density at radius 3 is 1.94 bits per heavy atom. The van der Waals surface area contributed by atoms with Crippen LogP contribution < -0.4 is 5.32 Å². The molecule has 0 aromatic heterocycles. The zero-order valence-electron chi connectivity index (χ0n) is 10.8. The Morgan fingerprint density at radius 1 is 1.12 bits per heavy atom. The van der Waals surface area contributed by atoms with Gasteiger partial charge in [-0.1, -0.05) is 6.58 Å². The van der Waals surface area contributed by atoms with Crippen LogP contribution in [-0.4, -0.2) is 47.5 Å². The van der Waals surface area contributed by atoms with Crippen LogP contribution in [0.25, 0.3) is 0 Å². The molecule has 2 amide bonds. The van der Waals surface area contributed by atoms with Gasteiger partial charge in [0, 0.05) is 37.4 Å². The highest BCUT2D eigenvalue weighted by atomic mass is 16.2. The third-order valence-corrected chi connectivity index (χ3v) is 2.59. The van der Waals surface area contributed by atoms with Crippen LogP contribution in [0, 0.1) is 0 Å². The molecule has 0 aromatic carbocycles.